The molecule has 0 saturated carbocycles. The fraction of sp³-hybridized carbons (Fsp3) is 0.316. The summed E-state index contributed by atoms with van der Waals surface area (Å²) in [7, 11) is 1.84. The van der Waals surface area contributed by atoms with Gasteiger partial charge in [-0.3, -0.25) is 4.79 Å². The van der Waals surface area contributed by atoms with Gasteiger partial charge in [-0.25, -0.2) is 0 Å². The van der Waals surface area contributed by atoms with Crippen molar-refractivity contribution in [3.05, 3.63) is 69.7 Å². The van der Waals surface area contributed by atoms with Crippen molar-refractivity contribution >= 4 is 17.5 Å². The van der Waals surface area contributed by atoms with Crippen molar-refractivity contribution in [3.63, 3.8) is 0 Å². The van der Waals surface area contributed by atoms with Crippen LogP contribution >= 0.6 is 11.6 Å². The van der Waals surface area contributed by atoms with E-state index >= 15 is 0 Å². The number of carbonyl (C=O) groups is 1. The Kier molecular flexibility index (Phi) is 4.49. The van der Waals surface area contributed by atoms with Crippen LogP contribution in [0.3, 0.4) is 0 Å². The lowest BCUT2D eigenvalue weighted by Gasteiger charge is -2.20. The summed E-state index contributed by atoms with van der Waals surface area (Å²) in [5.41, 5.74) is 4.62. The van der Waals surface area contributed by atoms with Crippen molar-refractivity contribution in [2.75, 3.05) is 7.05 Å². The molecule has 0 heterocycles. The van der Waals surface area contributed by atoms with Crippen LogP contribution in [-0.4, -0.2) is 17.9 Å². The first-order chi connectivity index (χ1) is 10.6. The number of aryl methyl sites for hydroxylation is 2. The molecular formula is C19H20ClNO. The standard InChI is InChI=1S/C19H20ClNO/c1-21(13-14-6-10-18(20)11-7-14)19(22)17-9-8-15-4-2-3-5-16(15)12-17/h6-12H,2-5,13H2,1H3. The van der Waals surface area contributed by atoms with Crippen molar-refractivity contribution in [2.24, 2.45) is 0 Å². The molecule has 114 valence electrons. The molecule has 2 aromatic rings. The molecule has 3 rings (SSSR count). The molecule has 1 aliphatic rings. The highest BCUT2D eigenvalue weighted by Gasteiger charge is 2.15. The van der Waals surface area contributed by atoms with Crippen LogP contribution in [0.2, 0.25) is 5.02 Å². The van der Waals surface area contributed by atoms with Crippen molar-refractivity contribution < 1.29 is 4.79 Å². The van der Waals surface area contributed by atoms with E-state index in [1.54, 1.807) is 4.90 Å². The van der Waals surface area contributed by atoms with Gasteiger partial charge >= 0.3 is 0 Å². The molecule has 0 aromatic heterocycles. The van der Waals surface area contributed by atoms with Crippen LogP contribution in [0.5, 0.6) is 0 Å². The summed E-state index contributed by atoms with van der Waals surface area (Å²) in [5.74, 6) is 0.0725. The van der Waals surface area contributed by atoms with E-state index in [0.29, 0.717) is 11.6 Å². The Morgan fingerprint density at radius 1 is 1.05 bits per heavy atom. The predicted octanol–water partition coefficient (Wildman–Crippen LogP) is 4.49. The quantitative estimate of drug-likeness (QED) is 0.817. The van der Waals surface area contributed by atoms with Crippen LogP contribution in [0, 0.1) is 0 Å². The monoisotopic (exact) mass is 313 g/mol. The molecule has 1 amide bonds. The first-order valence-electron chi connectivity index (χ1n) is 7.75. The number of benzene rings is 2. The molecule has 0 unspecified atom stereocenters. The molecule has 0 fully saturated rings. The third-order valence-corrected chi connectivity index (χ3v) is 4.53. The zero-order chi connectivity index (χ0) is 15.5. The Hall–Kier alpha value is -1.80. The Bertz CT molecular complexity index is 678. The summed E-state index contributed by atoms with van der Waals surface area (Å²) < 4.78 is 0. The molecule has 1 aliphatic carbocycles. The molecule has 0 saturated heterocycles. The zero-order valence-corrected chi connectivity index (χ0v) is 13.6. The lowest BCUT2D eigenvalue weighted by atomic mass is 9.90. The van der Waals surface area contributed by atoms with Gasteiger partial charge < -0.3 is 4.90 Å². The van der Waals surface area contributed by atoms with Gasteiger partial charge in [-0.15, -0.1) is 0 Å². The lowest BCUT2D eigenvalue weighted by Crippen LogP contribution is -2.26. The van der Waals surface area contributed by atoms with Gasteiger partial charge in [0.1, 0.15) is 0 Å². The fourth-order valence-electron chi connectivity index (χ4n) is 3.02. The van der Waals surface area contributed by atoms with Gasteiger partial charge in [0, 0.05) is 24.2 Å². The van der Waals surface area contributed by atoms with Gasteiger partial charge in [0.2, 0.25) is 0 Å². The van der Waals surface area contributed by atoms with Crippen LogP contribution in [0.25, 0.3) is 0 Å². The predicted molar refractivity (Wildman–Crippen MR) is 90.3 cm³/mol. The van der Waals surface area contributed by atoms with Gasteiger partial charge in [-0.05, 0) is 66.6 Å². The smallest absolute Gasteiger partial charge is 0.253 e. The number of carbonyl (C=O) groups excluding carboxylic acids is 1. The second-order valence-corrected chi connectivity index (χ2v) is 6.41. The maximum atomic E-state index is 12.6. The molecule has 0 radical (unpaired) electrons. The first-order valence-corrected chi connectivity index (χ1v) is 8.13. The minimum Gasteiger partial charge on any atom is -0.337 e. The maximum Gasteiger partial charge on any atom is 0.253 e. The number of hydrogen-bond donors (Lipinski definition) is 0. The minimum absolute atomic E-state index is 0.0725. The third-order valence-electron chi connectivity index (χ3n) is 4.28. The number of amides is 1. The summed E-state index contributed by atoms with van der Waals surface area (Å²) in [4.78, 5) is 14.4. The highest BCUT2D eigenvalue weighted by molar-refractivity contribution is 6.30. The first kappa shape index (κ1) is 15.1. The number of hydrogen-bond acceptors (Lipinski definition) is 1. The van der Waals surface area contributed by atoms with Crippen molar-refractivity contribution in [1.29, 1.82) is 0 Å². The third kappa shape index (κ3) is 3.33. The molecule has 3 heteroatoms. The summed E-state index contributed by atoms with van der Waals surface area (Å²) >= 11 is 5.89. The SMILES string of the molecule is CN(Cc1ccc(Cl)cc1)C(=O)c1ccc2c(c1)CCCC2. The summed E-state index contributed by atoms with van der Waals surface area (Å²) in [5, 5.41) is 0.715. The Morgan fingerprint density at radius 3 is 2.45 bits per heavy atom. The molecule has 0 atom stereocenters. The van der Waals surface area contributed by atoms with Crippen LogP contribution < -0.4 is 0 Å². The molecule has 2 aromatic carbocycles. The van der Waals surface area contributed by atoms with E-state index in [1.807, 2.05) is 37.4 Å². The van der Waals surface area contributed by atoms with Crippen LogP contribution in [0.1, 0.15) is 39.9 Å². The normalized spacial score (nSPS) is 13.5. The van der Waals surface area contributed by atoms with Gasteiger partial charge in [0.25, 0.3) is 5.91 Å². The van der Waals surface area contributed by atoms with Crippen molar-refractivity contribution in [3.8, 4) is 0 Å². The van der Waals surface area contributed by atoms with Crippen molar-refractivity contribution in [1.82, 2.24) is 4.90 Å². The fourth-order valence-corrected chi connectivity index (χ4v) is 3.15. The highest BCUT2D eigenvalue weighted by Crippen LogP contribution is 2.23. The Morgan fingerprint density at radius 2 is 1.73 bits per heavy atom. The Balaban J connectivity index is 1.73. The topological polar surface area (TPSA) is 20.3 Å². The van der Waals surface area contributed by atoms with Crippen LogP contribution in [-0.2, 0) is 19.4 Å². The molecule has 0 bridgehead atoms. The van der Waals surface area contributed by atoms with E-state index in [4.69, 9.17) is 11.6 Å². The average molecular weight is 314 g/mol. The second-order valence-electron chi connectivity index (χ2n) is 5.98. The van der Waals surface area contributed by atoms with Gasteiger partial charge in [0.15, 0.2) is 0 Å². The van der Waals surface area contributed by atoms with Gasteiger partial charge in [-0.2, -0.15) is 0 Å². The molecular weight excluding hydrogens is 294 g/mol. The summed E-state index contributed by atoms with van der Waals surface area (Å²) in [6.07, 6.45) is 4.73. The van der Waals surface area contributed by atoms with E-state index in [1.165, 1.54) is 24.0 Å². The largest absolute Gasteiger partial charge is 0.337 e. The number of fused-ring (bicyclic) bond motifs is 1. The van der Waals surface area contributed by atoms with Crippen LogP contribution in [0.15, 0.2) is 42.5 Å². The summed E-state index contributed by atoms with van der Waals surface area (Å²) in [6, 6.07) is 13.8. The molecule has 22 heavy (non-hydrogen) atoms. The van der Waals surface area contributed by atoms with E-state index in [2.05, 4.69) is 12.1 Å². The molecule has 0 N–H and O–H groups in total. The average Bonchev–Trinajstić information content (AvgIpc) is 2.55. The lowest BCUT2D eigenvalue weighted by molar-refractivity contribution is 0.0785. The highest BCUT2D eigenvalue weighted by atomic mass is 35.5. The van der Waals surface area contributed by atoms with E-state index in [-0.39, 0.29) is 5.91 Å². The van der Waals surface area contributed by atoms with Gasteiger partial charge in [0.05, 0.1) is 0 Å². The number of rotatable bonds is 3. The minimum atomic E-state index is 0.0725. The summed E-state index contributed by atoms with van der Waals surface area (Å²) in [6.45, 7) is 0.590. The molecule has 2 nitrogen and oxygen atoms in total. The number of halogens is 1. The number of nitrogens with zero attached hydrogens (tertiary/aromatic N) is 1. The van der Waals surface area contributed by atoms with Gasteiger partial charge in [-0.1, -0.05) is 29.8 Å². The molecule has 0 spiro atoms. The zero-order valence-electron chi connectivity index (χ0n) is 12.8. The maximum absolute atomic E-state index is 12.6. The van der Waals surface area contributed by atoms with E-state index < -0.39 is 0 Å². The van der Waals surface area contributed by atoms with E-state index in [0.717, 1.165) is 24.0 Å². The van der Waals surface area contributed by atoms with Crippen LogP contribution in [0.4, 0.5) is 0 Å². The second kappa shape index (κ2) is 6.53. The Labute approximate surface area is 136 Å². The van der Waals surface area contributed by atoms with E-state index in [9.17, 15) is 4.79 Å². The molecule has 0 aliphatic heterocycles. The van der Waals surface area contributed by atoms with Crippen molar-refractivity contribution in [2.45, 2.75) is 32.2 Å².